The quantitative estimate of drug-likeness (QED) is 0.438. The maximum absolute atomic E-state index is 13.2. The highest BCUT2D eigenvalue weighted by Gasteiger charge is 2.22. The Balaban J connectivity index is 1.36. The van der Waals surface area contributed by atoms with Gasteiger partial charge in [0, 0.05) is 63.5 Å². The molecule has 2 aliphatic heterocycles. The van der Waals surface area contributed by atoms with Gasteiger partial charge in [-0.2, -0.15) is 0 Å². The molecule has 2 N–H and O–H groups in total. The van der Waals surface area contributed by atoms with Gasteiger partial charge in [0.15, 0.2) is 0 Å². The Labute approximate surface area is 233 Å². The van der Waals surface area contributed by atoms with E-state index >= 15 is 0 Å². The van der Waals surface area contributed by atoms with E-state index in [-0.39, 0.29) is 30.3 Å². The number of halogens is 1. The van der Waals surface area contributed by atoms with Crippen LogP contribution in [0.5, 0.6) is 0 Å². The molecule has 38 heavy (non-hydrogen) atoms. The van der Waals surface area contributed by atoms with Gasteiger partial charge in [0.25, 0.3) is 11.8 Å². The molecule has 0 bridgehead atoms. The largest absolute Gasteiger partial charge is 0.379 e. The zero-order valence-corrected chi connectivity index (χ0v) is 23.4. The second kappa shape index (κ2) is 14.0. The van der Waals surface area contributed by atoms with Gasteiger partial charge in [0.05, 0.1) is 28.5 Å². The van der Waals surface area contributed by atoms with E-state index in [0.717, 1.165) is 57.9 Å². The van der Waals surface area contributed by atoms with E-state index in [1.807, 2.05) is 19.2 Å². The summed E-state index contributed by atoms with van der Waals surface area (Å²) in [5, 5.41) is 6.03. The fourth-order valence-electron chi connectivity index (χ4n) is 4.65. The second-order valence-electron chi connectivity index (χ2n) is 9.75. The first-order chi connectivity index (χ1) is 18.4. The molecule has 2 aromatic rings. The summed E-state index contributed by atoms with van der Waals surface area (Å²) >= 11 is 7.20. The van der Waals surface area contributed by atoms with E-state index in [1.165, 1.54) is 11.3 Å². The van der Waals surface area contributed by atoms with Crippen molar-refractivity contribution in [1.82, 2.24) is 20.4 Å². The lowest BCUT2D eigenvalue weighted by Crippen LogP contribution is -2.50. The normalized spacial score (nSPS) is 17.4. The van der Waals surface area contributed by atoms with E-state index in [1.54, 1.807) is 29.2 Å². The molecule has 9 nitrogen and oxygen atoms in total. The molecule has 1 aromatic carbocycles. The van der Waals surface area contributed by atoms with Crippen LogP contribution in [0.15, 0.2) is 36.4 Å². The summed E-state index contributed by atoms with van der Waals surface area (Å²) < 4.78 is 5.98. The lowest BCUT2D eigenvalue weighted by Gasteiger charge is -2.30. The van der Waals surface area contributed by atoms with Gasteiger partial charge in [-0.05, 0) is 56.3 Å². The average Bonchev–Trinajstić information content (AvgIpc) is 3.37. The molecule has 2 fully saturated rings. The van der Waals surface area contributed by atoms with Gasteiger partial charge < -0.3 is 25.2 Å². The molecule has 3 amide bonds. The van der Waals surface area contributed by atoms with Crippen LogP contribution in [0, 0.1) is 0 Å². The third kappa shape index (κ3) is 8.25. The Morgan fingerprint density at radius 1 is 1.08 bits per heavy atom. The maximum Gasteiger partial charge on any atom is 0.261 e. The summed E-state index contributed by atoms with van der Waals surface area (Å²) in [4.78, 5) is 44.8. The zero-order chi connectivity index (χ0) is 26.9. The topological polar surface area (TPSA) is 94.2 Å². The summed E-state index contributed by atoms with van der Waals surface area (Å²) in [7, 11) is 2.02. The fourth-order valence-corrected chi connectivity index (χ4v) is 5.60. The molecule has 1 atom stereocenters. The molecule has 1 aromatic heterocycles. The second-order valence-corrected chi connectivity index (χ2v) is 11.5. The SMILES string of the molecule is CN(CCN1CCOCC1)CC(CNC(=O)c1ccc(Cl)s1)NC(=O)c1ccc(N2CCCCC2=O)cc1. The van der Waals surface area contributed by atoms with Crippen LogP contribution in [0.2, 0.25) is 4.34 Å². The highest BCUT2D eigenvalue weighted by atomic mass is 35.5. The number of ether oxygens (including phenoxy) is 1. The summed E-state index contributed by atoms with van der Waals surface area (Å²) in [6, 6.07) is 10.2. The third-order valence-electron chi connectivity index (χ3n) is 6.84. The minimum absolute atomic E-state index is 0.122. The standard InChI is InChI=1S/C27H36ClN5O4S/c1-31(12-13-32-14-16-37-17-15-32)19-21(18-29-27(36)23-9-10-24(28)38-23)30-26(35)20-5-7-22(8-6-20)33-11-3-2-4-25(33)34/h5-10,21H,2-4,11-19H2,1H3,(H,29,36)(H,30,35). The van der Waals surface area contributed by atoms with Gasteiger partial charge in [-0.25, -0.2) is 0 Å². The molecule has 1 unspecified atom stereocenters. The van der Waals surface area contributed by atoms with Gasteiger partial charge in [0.2, 0.25) is 5.91 Å². The van der Waals surface area contributed by atoms with Crippen molar-refractivity contribution >= 4 is 46.3 Å². The number of nitrogens with one attached hydrogen (secondary N) is 2. The molecular formula is C27H36ClN5O4S. The summed E-state index contributed by atoms with van der Waals surface area (Å²) in [5.41, 5.74) is 1.32. The van der Waals surface area contributed by atoms with Gasteiger partial charge in [0.1, 0.15) is 0 Å². The average molecular weight is 562 g/mol. The number of anilines is 1. The number of morpholine rings is 1. The molecule has 206 valence electrons. The van der Waals surface area contributed by atoms with Crippen LogP contribution in [0.4, 0.5) is 5.69 Å². The number of carbonyl (C=O) groups is 3. The van der Waals surface area contributed by atoms with E-state index < -0.39 is 0 Å². The molecule has 2 saturated heterocycles. The van der Waals surface area contributed by atoms with Crippen molar-refractivity contribution in [3.05, 3.63) is 51.2 Å². The minimum Gasteiger partial charge on any atom is -0.379 e. The van der Waals surface area contributed by atoms with Crippen molar-refractivity contribution in [2.24, 2.45) is 0 Å². The van der Waals surface area contributed by atoms with Crippen molar-refractivity contribution in [2.75, 3.05) is 71.0 Å². The first-order valence-electron chi connectivity index (χ1n) is 13.1. The van der Waals surface area contributed by atoms with Crippen molar-refractivity contribution < 1.29 is 19.1 Å². The third-order valence-corrected chi connectivity index (χ3v) is 8.07. The predicted molar refractivity (Wildman–Crippen MR) is 150 cm³/mol. The van der Waals surface area contributed by atoms with Crippen molar-refractivity contribution in [1.29, 1.82) is 0 Å². The van der Waals surface area contributed by atoms with Gasteiger partial charge in [-0.15, -0.1) is 11.3 Å². The number of carbonyl (C=O) groups excluding carboxylic acids is 3. The first-order valence-corrected chi connectivity index (χ1v) is 14.3. The number of piperidine rings is 1. The number of hydrogen-bond donors (Lipinski definition) is 2. The smallest absolute Gasteiger partial charge is 0.261 e. The van der Waals surface area contributed by atoms with Crippen LogP contribution < -0.4 is 15.5 Å². The highest BCUT2D eigenvalue weighted by molar-refractivity contribution is 7.18. The highest BCUT2D eigenvalue weighted by Crippen LogP contribution is 2.22. The van der Waals surface area contributed by atoms with E-state index in [2.05, 4.69) is 20.4 Å². The summed E-state index contributed by atoms with van der Waals surface area (Å²) in [5.74, 6) is -0.314. The van der Waals surface area contributed by atoms with Crippen molar-refractivity contribution in [3.8, 4) is 0 Å². The van der Waals surface area contributed by atoms with Crippen LogP contribution >= 0.6 is 22.9 Å². The fraction of sp³-hybridized carbons (Fsp3) is 0.519. The number of amides is 3. The predicted octanol–water partition coefficient (Wildman–Crippen LogP) is 2.71. The zero-order valence-electron chi connectivity index (χ0n) is 21.8. The molecule has 4 rings (SSSR count). The molecule has 0 saturated carbocycles. The first kappa shape index (κ1) is 28.5. The Bertz CT molecular complexity index is 1090. The van der Waals surface area contributed by atoms with Crippen LogP contribution in [0.1, 0.15) is 39.3 Å². The van der Waals surface area contributed by atoms with E-state index in [4.69, 9.17) is 16.3 Å². The minimum atomic E-state index is -0.306. The summed E-state index contributed by atoms with van der Waals surface area (Å²) in [6.45, 7) is 6.66. The molecule has 3 heterocycles. The Morgan fingerprint density at radius 3 is 2.53 bits per heavy atom. The Hall–Kier alpha value is -2.50. The number of thiophene rings is 1. The molecule has 2 aliphatic rings. The Morgan fingerprint density at radius 2 is 1.84 bits per heavy atom. The van der Waals surface area contributed by atoms with Crippen LogP contribution in [-0.2, 0) is 9.53 Å². The number of likely N-dealkylation sites (N-methyl/N-ethyl adjacent to an activating group) is 1. The van der Waals surface area contributed by atoms with Crippen LogP contribution in [-0.4, -0.2) is 99.6 Å². The number of hydrogen-bond acceptors (Lipinski definition) is 7. The maximum atomic E-state index is 13.2. The summed E-state index contributed by atoms with van der Waals surface area (Å²) in [6.07, 6.45) is 2.47. The lowest BCUT2D eigenvalue weighted by molar-refractivity contribution is -0.119. The lowest BCUT2D eigenvalue weighted by atomic mass is 10.1. The molecule has 0 aliphatic carbocycles. The number of rotatable bonds is 11. The Kier molecular flexibility index (Phi) is 10.5. The number of benzene rings is 1. The molecular weight excluding hydrogens is 526 g/mol. The van der Waals surface area contributed by atoms with E-state index in [9.17, 15) is 14.4 Å². The van der Waals surface area contributed by atoms with Gasteiger partial charge in [-0.1, -0.05) is 11.6 Å². The molecule has 0 radical (unpaired) electrons. The molecule has 11 heteroatoms. The van der Waals surface area contributed by atoms with Gasteiger partial charge >= 0.3 is 0 Å². The van der Waals surface area contributed by atoms with Crippen LogP contribution in [0.3, 0.4) is 0 Å². The van der Waals surface area contributed by atoms with Crippen LogP contribution in [0.25, 0.3) is 0 Å². The van der Waals surface area contributed by atoms with Crippen molar-refractivity contribution in [3.63, 3.8) is 0 Å². The molecule has 0 spiro atoms. The number of nitrogens with zero attached hydrogens (tertiary/aromatic N) is 3. The van der Waals surface area contributed by atoms with Crippen molar-refractivity contribution in [2.45, 2.75) is 25.3 Å². The van der Waals surface area contributed by atoms with Gasteiger partial charge in [-0.3, -0.25) is 19.3 Å². The monoisotopic (exact) mass is 561 g/mol. The van der Waals surface area contributed by atoms with E-state index in [0.29, 0.717) is 34.3 Å².